The van der Waals surface area contributed by atoms with E-state index in [2.05, 4.69) is 11.9 Å². The van der Waals surface area contributed by atoms with Crippen molar-refractivity contribution in [2.75, 3.05) is 5.32 Å². The van der Waals surface area contributed by atoms with E-state index in [4.69, 9.17) is 21.5 Å². The van der Waals surface area contributed by atoms with Gasteiger partial charge in [0.05, 0.1) is 11.1 Å². The Morgan fingerprint density at radius 2 is 1.82 bits per heavy atom. The zero-order chi connectivity index (χ0) is 25.1. The summed E-state index contributed by atoms with van der Waals surface area (Å²) in [5.41, 5.74) is 0.0170. The van der Waals surface area contributed by atoms with Crippen molar-refractivity contribution in [3.8, 4) is 0 Å². The molecule has 2 aromatic carbocycles. The summed E-state index contributed by atoms with van der Waals surface area (Å²) in [6.45, 7) is 7.45. The van der Waals surface area contributed by atoms with Crippen LogP contribution in [0.1, 0.15) is 37.0 Å². The van der Waals surface area contributed by atoms with Crippen LogP contribution >= 0.6 is 23.4 Å². The van der Waals surface area contributed by atoms with Crippen molar-refractivity contribution < 1.29 is 33.0 Å². The lowest BCUT2D eigenvalue weighted by atomic mass is 9.97. The fraction of sp³-hybridized carbons (Fsp3) is 0.304. The molecule has 3 atom stereocenters. The van der Waals surface area contributed by atoms with E-state index in [-0.39, 0.29) is 28.9 Å². The molecule has 1 amide bonds. The molecule has 0 aromatic heterocycles. The molecule has 2 unspecified atom stereocenters. The summed E-state index contributed by atoms with van der Waals surface area (Å²) in [6.07, 6.45) is 2.66. The Labute approximate surface area is 199 Å². The fourth-order valence-corrected chi connectivity index (χ4v) is 4.30. The number of anilines is 1. The molecule has 0 aliphatic carbocycles. The minimum Gasteiger partial charge on any atom is -0.483 e. The summed E-state index contributed by atoms with van der Waals surface area (Å²) in [5, 5.41) is 19.6. The average molecular weight is 504 g/mol. The summed E-state index contributed by atoms with van der Waals surface area (Å²) < 4.78 is 39.8. The molecular weight excluding hydrogens is 479 g/mol. The maximum atomic E-state index is 13.4. The van der Waals surface area contributed by atoms with Crippen molar-refractivity contribution in [3.63, 3.8) is 0 Å². The van der Waals surface area contributed by atoms with E-state index in [0.29, 0.717) is 34.9 Å². The van der Waals surface area contributed by atoms with Gasteiger partial charge in [-0.1, -0.05) is 31.5 Å². The van der Waals surface area contributed by atoms with Gasteiger partial charge in [0.25, 0.3) is 12.4 Å². The maximum absolute atomic E-state index is 13.4. The second kappa shape index (κ2) is 13.9. The van der Waals surface area contributed by atoms with Crippen molar-refractivity contribution in [3.05, 3.63) is 71.0 Å². The monoisotopic (exact) mass is 503 g/mol. The Bertz CT molecular complexity index is 954. The maximum Gasteiger partial charge on any atom is 0.290 e. The van der Waals surface area contributed by atoms with Gasteiger partial charge in [-0.25, -0.2) is 13.2 Å². The number of benzene rings is 2. The second-order valence-corrected chi connectivity index (χ2v) is 8.73. The Hall–Kier alpha value is -2.49. The van der Waals surface area contributed by atoms with Crippen LogP contribution in [-0.4, -0.2) is 33.9 Å². The van der Waals surface area contributed by atoms with Crippen molar-refractivity contribution in [2.45, 2.75) is 42.9 Å². The standard InChI is InChI=1S/C22H23ClF3NO2S.CH2O2/c1-4-15(8-12(3)19(28)5-2)30-20-9-13(6-7-16(20)23)22(29)27-14-10-17(24)21(26)18(25)11-14;2-1-3/h4,6-7,9-12,15,19,28H,1,5,8H2,2-3H3,(H,27,29);1H,(H,2,3)/t12?,15-,19?;/m1./s1. The molecule has 0 spiro atoms. The number of thioether (sulfide) groups is 1. The molecule has 0 aliphatic heterocycles. The molecule has 0 radical (unpaired) electrons. The second-order valence-electron chi connectivity index (χ2n) is 7.04. The Morgan fingerprint density at radius 3 is 2.33 bits per heavy atom. The van der Waals surface area contributed by atoms with E-state index in [0.717, 1.165) is 0 Å². The van der Waals surface area contributed by atoms with E-state index in [9.17, 15) is 23.1 Å². The van der Waals surface area contributed by atoms with Gasteiger partial charge in [0.15, 0.2) is 17.5 Å². The topological polar surface area (TPSA) is 86.6 Å². The molecule has 180 valence electrons. The first-order chi connectivity index (χ1) is 15.6. The van der Waals surface area contributed by atoms with Crippen molar-refractivity contribution in [1.29, 1.82) is 0 Å². The number of carbonyl (C=O) groups is 2. The molecule has 2 rings (SSSR count). The molecule has 0 saturated heterocycles. The number of nitrogens with one attached hydrogen (secondary N) is 1. The van der Waals surface area contributed by atoms with Crippen molar-refractivity contribution in [2.24, 2.45) is 5.92 Å². The van der Waals surface area contributed by atoms with E-state index in [1.165, 1.54) is 17.8 Å². The molecule has 0 saturated carbocycles. The van der Waals surface area contributed by atoms with Crippen LogP contribution in [-0.2, 0) is 4.79 Å². The van der Waals surface area contributed by atoms with Crippen LogP contribution in [0.5, 0.6) is 0 Å². The minimum absolute atomic E-state index is 0.0442. The van der Waals surface area contributed by atoms with Crippen LogP contribution < -0.4 is 5.32 Å². The SMILES string of the molecule is C=C[C@H](CC(C)C(O)CC)Sc1cc(C(=O)Nc2cc(F)c(F)c(F)c2)ccc1Cl.O=CO. The molecular formula is C23H25ClF3NO4S. The number of aliphatic hydroxyl groups excluding tert-OH is 1. The Kier molecular flexibility index (Phi) is 12.0. The van der Waals surface area contributed by atoms with Crippen LogP contribution in [0.25, 0.3) is 0 Å². The summed E-state index contributed by atoms with van der Waals surface area (Å²) in [7, 11) is 0. The molecule has 0 heterocycles. The quantitative estimate of drug-likeness (QED) is 0.165. The van der Waals surface area contributed by atoms with E-state index < -0.39 is 29.5 Å². The van der Waals surface area contributed by atoms with Gasteiger partial charge in [-0.15, -0.1) is 18.3 Å². The van der Waals surface area contributed by atoms with Crippen LogP contribution in [0.4, 0.5) is 18.9 Å². The molecule has 33 heavy (non-hydrogen) atoms. The highest BCUT2D eigenvalue weighted by atomic mass is 35.5. The zero-order valence-electron chi connectivity index (χ0n) is 18.0. The van der Waals surface area contributed by atoms with Crippen LogP contribution in [0.2, 0.25) is 5.02 Å². The summed E-state index contributed by atoms with van der Waals surface area (Å²) in [5.74, 6) is -4.95. The molecule has 3 N–H and O–H groups in total. The third kappa shape index (κ3) is 8.75. The summed E-state index contributed by atoms with van der Waals surface area (Å²) >= 11 is 7.68. The number of halogens is 4. The summed E-state index contributed by atoms with van der Waals surface area (Å²) in [6, 6.07) is 6.00. The third-order valence-electron chi connectivity index (χ3n) is 4.66. The number of amides is 1. The first-order valence-electron chi connectivity index (χ1n) is 9.88. The summed E-state index contributed by atoms with van der Waals surface area (Å²) in [4.78, 5) is 21.5. The molecule has 2 aromatic rings. The van der Waals surface area contributed by atoms with E-state index in [1.54, 1.807) is 18.2 Å². The number of hydrogen-bond donors (Lipinski definition) is 3. The highest BCUT2D eigenvalue weighted by Crippen LogP contribution is 2.35. The number of hydrogen-bond acceptors (Lipinski definition) is 4. The fourth-order valence-electron chi connectivity index (χ4n) is 2.85. The molecule has 0 aliphatic rings. The molecule has 0 bridgehead atoms. The number of aliphatic hydroxyl groups is 1. The van der Waals surface area contributed by atoms with Gasteiger partial charge < -0.3 is 15.5 Å². The lowest BCUT2D eigenvalue weighted by molar-refractivity contribution is -0.122. The van der Waals surface area contributed by atoms with Crippen molar-refractivity contribution >= 4 is 41.4 Å². The number of rotatable bonds is 9. The predicted octanol–water partition coefficient (Wildman–Crippen LogP) is 6.15. The number of carbonyl (C=O) groups excluding carboxylic acids is 1. The molecule has 0 fully saturated rings. The van der Waals surface area contributed by atoms with Gasteiger partial charge in [-0.2, -0.15) is 0 Å². The van der Waals surface area contributed by atoms with Gasteiger partial charge >= 0.3 is 0 Å². The Balaban J connectivity index is 0.00000172. The van der Waals surface area contributed by atoms with E-state index >= 15 is 0 Å². The smallest absolute Gasteiger partial charge is 0.290 e. The zero-order valence-corrected chi connectivity index (χ0v) is 19.6. The lowest BCUT2D eigenvalue weighted by Crippen LogP contribution is -2.20. The largest absolute Gasteiger partial charge is 0.483 e. The first kappa shape index (κ1) is 28.5. The van der Waals surface area contributed by atoms with Crippen LogP contribution in [0.15, 0.2) is 47.9 Å². The van der Waals surface area contributed by atoms with Gasteiger partial charge in [-0.3, -0.25) is 9.59 Å². The van der Waals surface area contributed by atoms with Gasteiger partial charge in [0, 0.05) is 33.5 Å². The van der Waals surface area contributed by atoms with Crippen molar-refractivity contribution in [1.82, 2.24) is 0 Å². The highest BCUT2D eigenvalue weighted by molar-refractivity contribution is 8.00. The van der Waals surface area contributed by atoms with Gasteiger partial charge in [0.1, 0.15) is 0 Å². The van der Waals surface area contributed by atoms with Gasteiger partial charge in [0.2, 0.25) is 0 Å². The minimum atomic E-state index is -1.60. The third-order valence-corrected chi connectivity index (χ3v) is 6.38. The predicted molar refractivity (Wildman–Crippen MR) is 124 cm³/mol. The molecule has 5 nitrogen and oxygen atoms in total. The average Bonchev–Trinajstić information content (AvgIpc) is 2.77. The number of carboxylic acid groups (broad SMARTS) is 1. The van der Waals surface area contributed by atoms with Crippen LogP contribution in [0, 0.1) is 23.4 Å². The van der Waals surface area contributed by atoms with Gasteiger partial charge in [-0.05, 0) is 37.0 Å². The lowest BCUT2D eigenvalue weighted by Gasteiger charge is -2.22. The first-order valence-corrected chi connectivity index (χ1v) is 11.1. The van der Waals surface area contributed by atoms with E-state index in [1.807, 2.05) is 13.8 Å². The normalized spacial score (nSPS) is 13.2. The van der Waals surface area contributed by atoms with Crippen LogP contribution in [0.3, 0.4) is 0 Å². The molecule has 10 heteroatoms. The Morgan fingerprint density at radius 1 is 1.24 bits per heavy atom. The highest BCUT2D eigenvalue weighted by Gasteiger charge is 2.19.